The summed E-state index contributed by atoms with van der Waals surface area (Å²) >= 11 is 0. The molecule has 5 aliphatic heterocycles. The van der Waals surface area contributed by atoms with E-state index in [9.17, 15) is 24.0 Å². The van der Waals surface area contributed by atoms with Gasteiger partial charge in [0.2, 0.25) is 17.7 Å². The zero-order chi connectivity index (χ0) is 42.5. The summed E-state index contributed by atoms with van der Waals surface area (Å²) in [4.78, 5) is 78.1. The van der Waals surface area contributed by atoms with Crippen molar-refractivity contribution in [2.24, 2.45) is 16.7 Å². The Morgan fingerprint density at radius 1 is 0.919 bits per heavy atom. The lowest BCUT2D eigenvalue weighted by Crippen LogP contribution is -2.63. The fourth-order valence-electron chi connectivity index (χ4n) is 11.3. The number of piperidine rings is 2. The smallest absolute Gasteiger partial charge is 0.413 e. The number of halogens is 1. The van der Waals surface area contributed by atoms with Gasteiger partial charge in [0.05, 0.1) is 11.1 Å². The molecule has 2 saturated carbocycles. The van der Waals surface area contributed by atoms with E-state index in [0.29, 0.717) is 58.4 Å². The summed E-state index contributed by atoms with van der Waals surface area (Å²) in [6, 6.07) is 9.32. The molecule has 0 radical (unpaired) electrons. The molecule has 2 aromatic heterocycles. The zero-order valence-corrected chi connectivity index (χ0v) is 34.4. The average Bonchev–Trinajstić information content (AvgIpc) is 3.46. The van der Waals surface area contributed by atoms with Gasteiger partial charge in [-0.25, -0.2) is 19.2 Å². The maximum absolute atomic E-state index is 15.3. The van der Waals surface area contributed by atoms with Gasteiger partial charge in [-0.15, -0.1) is 0 Å². The molecule has 1 unspecified atom stereocenters. The van der Waals surface area contributed by atoms with E-state index < -0.39 is 35.8 Å². The highest BCUT2D eigenvalue weighted by Gasteiger charge is 2.54. The van der Waals surface area contributed by atoms with Crippen molar-refractivity contribution in [3.05, 3.63) is 71.3 Å². The molecule has 3 saturated heterocycles. The average molecular weight is 843 g/mol. The standard InChI is InChI=1S/C46H47FN8O7/c1-25-34(21-50-41-39(25)48-8-11-61-41)32-12-27-14-37(49-20-28(27)13-35(32)47)51-44(60)62-30-18-45(19-30)6-9-53(10-7-45)22-26-16-46(17-26)23-54(24-46)29-2-3-31-33(15-29)43(59)55(42(31)58)36-4-5-38(56)52-40(36)57/h2-3,12-15,20-21,26,30,36,48H,4-11,16-19,22-24H2,1H3,(H,49,51,60)(H,52,56,57). The van der Waals surface area contributed by atoms with Crippen molar-refractivity contribution >= 4 is 57.7 Å². The first-order valence-corrected chi connectivity index (χ1v) is 21.7. The Morgan fingerprint density at radius 2 is 1.71 bits per heavy atom. The van der Waals surface area contributed by atoms with Gasteiger partial charge in [0.15, 0.2) is 0 Å². The molecule has 15 nitrogen and oxygen atoms in total. The number of aromatic nitrogens is 2. The number of amides is 5. The number of benzene rings is 2. The molecule has 62 heavy (non-hydrogen) atoms. The number of ether oxygens (including phenoxy) is 2. The van der Waals surface area contributed by atoms with Crippen molar-refractivity contribution in [2.75, 3.05) is 61.4 Å². The zero-order valence-electron chi connectivity index (χ0n) is 34.4. The van der Waals surface area contributed by atoms with E-state index in [2.05, 4.69) is 35.7 Å². The Bertz CT molecular complexity index is 2590. The van der Waals surface area contributed by atoms with Gasteiger partial charge in [-0.1, -0.05) is 0 Å². The van der Waals surface area contributed by atoms with Gasteiger partial charge in [-0.3, -0.25) is 34.7 Å². The van der Waals surface area contributed by atoms with Gasteiger partial charge >= 0.3 is 6.09 Å². The second kappa shape index (κ2) is 14.5. The van der Waals surface area contributed by atoms with Crippen LogP contribution in [0.25, 0.3) is 21.9 Å². The number of fused-ring (bicyclic) bond motifs is 3. The maximum Gasteiger partial charge on any atom is 0.413 e. The fraction of sp³-hybridized carbons (Fsp3) is 0.457. The lowest BCUT2D eigenvalue weighted by atomic mass is 9.57. The minimum atomic E-state index is -0.969. The Kier molecular flexibility index (Phi) is 9.04. The van der Waals surface area contributed by atoms with Crippen LogP contribution >= 0.6 is 0 Å². The first-order valence-electron chi connectivity index (χ1n) is 21.7. The quantitative estimate of drug-likeness (QED) is 0.195. The summed E-state index contributed by atoms with van der Waals surface area (Å²) in [5.74, 6) is -0.844. The molecule has 2 spiro atoms. The third-order valence-electron chi connectivity index (χ3n) is 14.6. The van der Waals surface area contributed by atoms with E-state index in [1.54, 1.807) is 36.7 Å². The van der Waals surface area contributed by atoms with Crippen LogP contribution in [0.2, 0.25) is 0 Å². The van der Waals surface area contributed by atoms with Crippen molar-refractivity contribution < 1.29 is 37.8 Å². The van der Waals surface area contributed by atoms with Crippen molar-refractivity contribution in [1.82, 2.24) is 25.1 Å². The number of rotatable bonds is 7. The third kappa shape index (κ3) is 6.61. The molecule has 3 N–H and O–H groups in total. The fourth-order valence-corrected chi connectivity index (χ4v) is 11.3. The summed E-state index contributed by atoms with van der Waals surface area (Å²) in [5.41, 5.74) is 4.71. The summed E-state index contributed by atoms with van der Waals surface area (Å²) in [7, 11) is 0. The van der Waals surface area contributed by atoms with Crippen LogP contribution in [0, 0.1) is 29.5 Å². The van der Waals surface area contributed by atoms with Crippen molar-refractivity contribution in [3.63, 3.8) is 0 Å². The Morgan fingerprint density at radius 3 is 2.50 bits per heavy atom. The van der Waals surface area contributed by atoms with E-state index in [1.165, 1.54) is 18.9 Å². The molecule has 7 heterocycles. The monoisotopic (exact) mass is 842 g/mol. The molecule has 11 rings (SSSR count). The number of likely N-dealkylation sites (tertiary alicyclic amines) is 1. The lowest BCUT2D eigenvalue weighted by Gasteiger charge is -2.61. The van der Waals surface area contributed by atoms with Crippen LogP contribution in [-0.4, -0.2) is 108 Å². The molecule has 16 heteroatoms. The van der Waals surface area contributed by atoms with Gasteiger partial charge in [0, 0.05) is 72.6 Å². The summed E-state index contributed by atoms with van der Waals surface area (Å²) < 4.78 is 26.8. The molecule has 2 aliphatic carbocycles. The molecule has 320 valence electrons. The molecule has 1 atom stereocenters. The molecular weight excluding hydrogens is 796 g/mol. The Hall–Kier alpha value is -6.16. The number of imide groups is 2. The van der Waals surface area contributed by atoms with Gasteiger partial charge in [0.25, 0.3) is 11.8 Å². The van der Waals surface area contributed by atoms with Crippen LogP contribution < -0.4 is 25.6 Å². The van der Waals surface area contributed by atoms with Crippen LogP contribution in [0.5, 0.6) is 5.88 Å². The maximum atomic E-state index is 15.3. The van der Waals surface area contributed by atoms with E-state index in [1.807, 2.05) is 13.0 Å². The molecule has 5 amide bonds. The normalized spacial score (nSPS) is 23.8. The lowest BCUT2D eigenvalue weighted by molar-refractivity contribution is -0.136. The van der Waals surface area contributed by atoms with Gasteiger partial charge < -0.3 is 24.6 Å². The number of nitrogens with one attached hydrogen (secondary N) is 3. The largest absolute Gasteiger partial charge is 0.474 e. The molecule has 0 bridgehead atoms. The van der Waals surface area contributed by atoms with E-state index >= 15 is 4.39 Å². The van der Waals surface area contributed by atoms with Gasteiger partial charge in [-0.2, -0.15) is 0 Å². The summed E-state index contributed by atoms with van der Waals surface area (Å²) in [6.07, 6.45) is 8.97. The highest BCUT2D eigenvalue weighted by molar-refractivity contribution is 6.23. The molecule has 4 aromatic rings. The SMILES string of the molecule is Cc1c(-c2cc3cc(NC(=O)OC4CC5(CCN(CC6CC7(C6)CN(c6ccc8c(c6)C(=O)N(C6CCC(=O)NC6=O)C8=O)C7)CC5)C4)ncc3cc2F)cnc2c1NCCO2. The number of hydrogen-bond donors (Lipinski definition) is 3. The Labute approximate surface area is 356 Å². The topological polar surface area (TPSA) is 175 Å². The van der Waals surface area contributed by atoms with Crippen LogP contribution in [0.15, 0.2) is 48.8 Å². The summed E-state index contributed by atoms with van der Waals surface area (Å²) in [5, 5.41) is 9.67. The first-order chi connectivity index (χ1) is 29.9. The summed E-state index contributed by atoms with van der Waals surface area (Å²) in [6.45, 7) is 8.10. The van der Waals surface area contributed by atoms with Gasteiger partial charge in [-0.05, 0) is 124 Å². The number of anilines is 3. The van der Waals surface area contributed by atoms with Crippen LogP contribution in [0.3, 0.4) is 0 Å². The number of nitrogens with zero attached hydrogens (tertiary/aromatic N) is 5. The van der Waals surface area contributed by atoms with E-state index in [0.717, 1.165) is 85.6 Å². The molecular formula is C46H47FN8O7. The van der Waals surface area contributed by atoms with Gasteiger partial charge in [0.1, 0.15) is 36.1 Å². The second-order valence-corrected chi connectivity index (χ2v) is 18.7. The first kappa shape index (κ1) is 38.7. The predicted octanol–water partition coefficient (Wildman–Crippen LogP) is 5.66. The minimum Gasteiger partial charge on any atom is -0.474 e. The molecule has 5 fully saturated rings. The molecule has 2 aromatic carbocycles. The van der Waals surface area contributed by atoms with Crippen LogP contribution in [-0.2, 0) is 14.3 Å². The van der Waals surface area contributed by atoms with Crippen molar-refractivity contribution in [2.45, 2.75) is 70.4 Å². The Balaban J connectivity index is 0.625. The van der Waals surface area contributed by atoms with Crippen LogP contribution in [0.1, 0.15) is 77.6 Å². The number of carbonyl (C=O) groups is 5. The van der Waals surface area contributed by atoms with Crippen molar-refractivity contribution in [1.29, 1.82) is 0 Å². The highest BCUT2D eigenvalue weighted by atomic mass is 19.1. The predicted molar refractivity (Wildman–Crippen MR) is 225 cm³/mol. The second-order valence-electron chi connectivity index (χ2n) is 18.7. The number of pyridine rings is 2. The van der Waals surface area contributed by atoms with Crippen molar-refractivity contribution in [3.8, 4) is 17.0 Å². The van der Waals surface area contributed by atoms with E-state index in [-0.39, 0.29) is 35.6 Å². The molecule has 7 aliphatic rings. The van der Waals surface area contributed by atoms with E-state index in [4.69, 9.17) is 9.47 Å². The number of hydrogen-bond acceptors (Lipinski definition) is 12. The third-order valence-corrected chi connectivity index (χ3v) is 14.6. The highest BCUT2D eigenvalue weighted by Crippen LogP contribution is 2.55. The van der Waals surface area contributed by atoms with Crippen LogP contribution in [0.4, 0.5) is 26.4 Å². The minimum absolute atomic E-state index is 0.0928. The number of carbonyl (C=O) groups excluding carboxylic acids is 5.